The van der Waals surface area contributed by atoms with Crippen molar-refractivity contribution < 1.29 is 51.2 Å². The molecule has 2 heterocycles. The number of carbonyl (C=O) groups is 2. The fourth-order valence-electron chi connectivity index (χ4n) is 4.77. The van der Waals surface area contributed by atoms with E-state index in [1.807, 2.05) is 0 Å². The summed E-state index contributed by atoms with van der Waals surface area (Å²) in [6, 6.07) is 5.16. The number of ketones is 1. The number of benzene rings is 2. The van der Waals surface area contributed by atoms with E-state index in [-0.39, 0.29) is 37.0 Å². The molecule has 212 valence electrons. The Labute approximate surface area is 222 Å². The lowest BCUT2D eigenvalue weighted by Crippen LogP contribution is -2.48. The summed E-state index contributed by atoms with van der Waals surface area (Å²) in [4.78, 5) is 25.5. The first-order chi connectivity index (χ1) is 18.6. The molecule has 0 spiro atoms. The number of halogens is 4. The molecule has 2 aromatic rings. The normalized spacial score (nSPS) is 18.8. The number of nitrogens with one attached hydrogen (secondary N) is 1. The van der Waals surface area contributed by atoms with Gasteiger partial charge in [-0.3, -0.25) is 14.3 Å². The van der Waals surface area contributed by atoms with E-state index in [1.54, 1.807) is 12.1 Å². The minimum atomic E-state index is -4.78. The van der Waals surface area contributed by atoms with Crippen molar-refractivity contribution in [2.45, 2.75) is 50.6 Å². The average molecular weight is 556 g/mol. The molecule has 0 aromatic heterocycles. The van der Waals surface area contributed by atoms with Gasteiger partial charge in [0.05, 0.1) is 50.2 Å². The van der Waals surface area contributed by atoms with Crippen LogP contribution >= 0.6 is 0 Å². The Morgan fingerprint density at radius 2 is 1.97 bits per heavy atom. The number of amides is 1. The number of aliphatic hydroxyl groups excluding tert-OH is 1. The van der Waals surface area contributed by atoms with Gasteiger partial charge >= 0.3 is 6.36 Å². The van der Waals surface area contributed by atoms with Gasteiger partial charge in [-0.05, 0) is 42.2 Å². The number of aliphatic hydroxyl groups is 1. The van der Waals surface area contributed by atoms with Crippen molar-refractivity contribution in [3.05, 3.63) is 57.9 Å². The van der Waals surface area contributed by atoms with E-state index in [9.17, 15) is 32.3 Å². The van der Waals surface area contributed by atoms with Crippen LogP contribution in [0, 0.1) is 5.82 Å². The van der Waals surface area contributed by atoms with E-state index in [1.165, 1.54) is 19.2 Å². The molecular weight excluding hydrogens is 526 g/mol. The van der Waals surface area contributed by atoms with Gasteiger partial charge in [0, 0.05) is 31.4 Å². The second-order valence-electron chi connectivity index (χ2n) is 9.35. The maximum Gasteiger partial charge on any atom is 0.522 e. The molecule has 2 aromatic carbocycles. The molecule has 39 heavy (non-hydrogen) atoms. The Hall–Kier alpha value is -3.22. The van der Waals surface area contributed by atoms with E-state index in [0.717, 1.165) is 0 Å². The van der Waals surface area contributed by atoms with Crippen LogP contribution in [0.5, 0.6) is 11.5 Å². The molecule has 0 saturated carbocycles. The summed E-state index contributed by atoms with van der Waals surface area (Å²) in [7, 11) is 1.45. The molecule has 1 saturated heterocycles. The van der Waals surface area contributed by atoms with E-state index < -0.39 is 42.6 Å². The minimum Gasteiger partial charge on any atom is -0.495 e. The summed E-state index contributed by atoms with van der Waals surface area (Å²) >= 11 is 0. The third-order valence-electron chi connectivity index (χ3n) is 6.64. The van der Waals surface area contributed by atoms with Crippen LogP contribution in [0.3, 0.4) is 0 Å². The molecule has 2 aliphatic rings. The number of methoxy groups -OCH3 is 1. The predicted octanol–water partition coefficient (Wildman–Crippen LogP) is 3.74. The fraction of sp³-hybridized carbons (Fsp3) is 0.481. The van der Waals surface area contributed by atoms with Gasteiger partial charge in [-0.1, -0.05) is 6.07 Å². The SMILES string of the molecule is COc1c(C(=O)N[C@H]2CCOC[C@@H]2O)cc(Cc2ccc(C(=O)CCCOC(F)(F)F)c(F)c2)c2c1CCO2. The summed E-state index contributed by atoms with van der Waals surface area (Å²) in [5.74, 6) is -0.957. The number of carbonyl (C=O) groups excluding carboxylic acids is 2. The van der Waals surface area contributed by atoms with Crippen molar-refractivity contribution in [2.24, 2.45) is 0 Å². The molecule has 1 amide bonds. The van der Waals surface area contributed by atoms with Crippen molar-refractivity contribution in [3.63, 3.8) is 0 Å². The first-order valence-electron chi connectivity index (χ1n) is 12.5. The molecule has 4 rings (SSSR count). The highest BCUT2D eigenvalue weighted by Crippen LogP contribution is 2.40. The quantitative estimate of drug-likeness (QED) is 0.262. The molecule has 8 nitrogen and oxygen atoms in total. The number of Topliss-reactive ketones (excluding diaryl/α,β-unsaturated/α-hetero) is 1. The van der Waals surface area contributed by atoms with Crippen LogP contribution in [0.15, 0.2) is 24.3 Å². The molecule has 2 aliphatic heterocycles. The molecule has 0 unspecified atom stereocenters. The Morgan fingerprint density at radius 1 is 1.18 bits per heavy atom. The lowest BCUT2D eigenvalue weighted by molar-refractivity contribution is -0.324. The summed E-state index contributed by atoms with van der Waals surface area (Å²) in [5, 5.41) is 13.0. The van der Waals surface area contributed by atoms with Gasteiger partial charge in [-0.25, -0.2) is 4.39 Å². The van der Waals surface area contributed by atoms with E-state index in [2.05, 4.69) is 10.1 Å². The van der Waals surface area contributed by atoms with Crippen molar-refractivity contribution in [3.8, 4) is 11.5 Å². The predicted molar refractivity (Wildman–Crippen MR) is 130 cm³/mol. The van der Waals surface area contributed by atoms with Gasteiger partial charge < -0.3 is 24.6 Å². The number of hydrogen-bond acceptors (Lipinski definition) is 7. The highest BCUT2D eigenvalue weighted by atomic mass is 19.4. The van der Waals surface area contributed by atoms with Crippen molar-refractivity contribution in [1.29, 1.82) is 0 Å². The molecule has 1 fully saturated rings. The highest BCUT2D eigenvalue weighted by molar-refractivity contribution is 5.98. The molecule has 12 heteroatoms. The summed E-state index contributed by atoms with van der Waals surface area (Å²) in [6.07, 6.45) is -4.99. The number of rotatable bonds is 10. The molecule has 2 N–H and O–H groups in total. The number of ether oxygens (including phenoxy) is 4. The molecular formula is C27H29F4NO7. The zero-order valence-electron chi connectivity index (χ0n) is 21.2. The van der Waals surface area contributed by atoms with Crippen LogP contribution in [-0.2, 0) is 22.3 Å². The molecule has 0 radical (unpaired) electrons. The van der Waals surface area contributed by atoms with Crippen LogP contribution < -0.4 is 14.8 Å². The van der Waals surface area contributed by atoms with Gasteiger partial charge in [0.25, 0.3) is 5.91 Å². The molecule has 0 bridgehead atoms. The lowest BCUT2D eigenvalue weighted by atomic mass is 9.95. The van der Waals surface area contributed by atoms with Gasteiger partial charge in [0.1, 0.15) is 17.3 Å². The molecule has 0 aliphatic carbocycles. The summed E-state index contributed by atoms with van der Waals surface area (Å²) in [5.41, 5.74) is 1.85. The first kappa shape index (κ1) is 28.8. The fourth-order valence-corrected chi connectivity index (χ4v) is 4.77. The first-order valence-corrected chi connectivity index (χ1v) is 12.5. The summed E-state index contributed by atoms with van der Waals surface area (Å²) < 4.78 is 71.3. The van der Waals surface area contributed by atoms with Crippen molar-refractivity contribution >= 4 is 11.7 Å². The zero-order valence-corrected chi connectivity index (χ0v) is 21.2. The van der Waals surface area contributed by atoms with Crippen LogP contribution in [0.1, 0.15) is 56.7 Å². The number of hydrogen-bond donors (Lipinski definition) is 2. The van der Waals surface area contributed by atoms with Crippen LogP contribution in [0.2, 0.25) is 0 Å². The number of alkyl halides is 3. The minimum absolute atomic E-state index is 0.122. The monoisotopic (exact) mass is 555 g/mol. The second-order valence-corrected chi connectivity index (χ2v) is 9.35. The summed E-state index contributed by atoms with van der Waals surface area (Å²) in [6.45, 7) is 0.216. The highest BCUT2D eigenvalue weighted by Gasteiger charge is 2.31. The lowest BCUT2D eigenvalue weighted by Gasteiger charge is -2.28. The Kier molecular flexibility index (Phi) is 9.08. The van der Waals surface area contributed by atoms with E-state index in [0.29, 0.717) is 54.2 Å². The van der Waals surface area contributed by atoms with Crippen LogP contribution in [0.25, 0.3) is 0 Å². The van der Waals surface area contributed by atoms with Crippen molar-refractivity contribution in [1.82, 2.24) is 5.32 Å². The van der Waals surface area contributed by atoms with Crippen molar-refractivity contribution in [2.75, 3.05) is 33.5 Å². The third-order valence-corrected chi connectivity index (χ3v) is 6.64. The third kappa shape index (κ3) is 7.06. The smallest absolute Gasteiger partial charge is 0.495 e. The maximum atomic E-state index is 14.8. The maximum absolute atomic E-state index is 14.8. The topological polar surface area (TPSA) is 103 Å². The Morgan fingerprint density at radius 3 is 2.67 bits per heavy atom. The van der Waals surface area contributed by atoms with E-state index >= 15 is 0 Å². The average Bonchev–Trinajstić information content (AvgIpc) is 3.37. The van der Waals surface area contributed by atoms with Gasteiger partial charge in [0.15, 0.2) is 5.78 Å². The van der Waals surface area contributed by atoms with Gasteiger partial charge in [-0.2, -0.15) is 0 Å². The second kappa shape index (κ2) is 12.3. The largest absolute Gasteiger partial charge is 0.522 e. The zero-order chi connectivity index (χ0) is 28.2. The Bertz CT molecular complexity index is 1220. The van der Waals surface area contributed by atoms with Crippen LogP contribution in [-0.4, -0.2) is 68.8 Å². The molecule has 2 atom stereocenters. The van der Waals surface area contributed by atoms with Gasteiger partial charge in [0.2, 0.25) is 0 Å². The van der Waals surface area contributed by atoms with Crippen LogP contribution in [0.4, 0.5) is 17.6 Å². The Balaban J connectivity index is 1.52. The standard InChI is InChI=1S/C27H29F4NO7/c1-36-25-18-6-10-38-24(18)16(13-19(25)26(35)32-21-7-9-37-14-23(21)34)11-15-4-5-17(20(28)12-15)22(33)3-2-8-39-27(29,30)31/h4-5,12-13,21,23,34H,2-3,6-11,14H2,1H3,(H,32,35)/t21-,23-/m0/s1. The van der Waals surface area contributed by atoms with Gasteiger partial charge in [-0.15, -0.1) is 13.2 Å². The number of fused-ring (bicyclic) bond motifs is 1. The van der Waals surface area contributed by atoms with E-state index in [4.69, 9.17) is 14.2 Å².